The molecule has 17 heteroatoms. The number of aliphatic carboxylic acids is 1. The average molecular weight is 707 g/mol. The third kappa shape index (κ3) is 8.89. The molecule has 0 saturated carbocycles. The molecule has 2 fully saturated rings. The monoisotopic (exact) mass is 706 g/mol. The first kappa shape index (κ1) is 35.7. The van der Waals surface area contributed by atoms with Crippen LogP contribution in [0.2, 0.25) is 0 Å². The second kappa shape index (κ2) is 14.9. The van der Waals surface area contributed by atoms with Gasteiger partial charge in [0.2, 0.25) is 5.91 Å². The van der Waals surface area contributed by atoms with E-state index in [9.17, 15) is 31.5 Å². The number of amides is 1. The van der Waals surface area contributed by atoms with Crippen LogP contribution < -0.4 is 14.5 Å². The van der Waals surface area contributed by atoms with Gasteiger partial charge in [-0.3, -0.25) is 9.69 Å². The number of carboxylic acid groups (broad SMARTS) is 1. The smallest absolute Gasteiger partial charge is 0.490 e. The lowest BCUT2D eigenvalue weighted by atomic mass is 10.0. The normalized spacial score (nSPS) is 17.9. The average Bonchev–Trinajstić information content (AvgIpc) is 3.07. The fraction of sp³-hybridized carbons (Fsp3) is 0.438. The summed E-state index contributed by atoms with van der Waals surface area (Å²) in [5, 5.41) is 19.6. The lowest BCUT2D eigenvalue weighted by molar-refractivity contribution is -0.192. The maximum absolute atomic E-state index is 12.2. The highest BCUT2D eigenvalue weighted by molar-refractivity contribution is 7.91. The van der Waals surface area contributed by atoms with Crippen LogP contribution in [0.25, 0.3) is 10.8 Å². The number of carbonyl (C=O) groups excluding carboxylic acids is 1. The Balaban J connectivity index is 0.000000606. The van der Waals surface area contributed by atoms with E-state index in [-0.39, 0.29) is 23.2 Å². The number of piperazine rings is 1. The van der Waals surface area contributed by atoms with E-state index in [1.165, 1.54) is 6.08 Å². The van der Waals surface area contributed by atoms with Gasteiger partial charge in [-0.05, 0) is 23.9 Å². The van der Waals surface area contributed by atoms with Crippen LogP contribution in [0.5, 0.6) is 11.8 Å². The zero-order valence-electron chi connectivity index (χ0n) is 26.6. The molecule has 1 amide bonds. The zero-order chi connectivity index (χ0) is 35.3. The highest BCUT2D eigenvalue weighted by atomic mass is 32.2. The third-order valence-electron chi connectivity index (χ3n) is 8.57. The van der Waals surface area contributed by atoms with Crippen molar-refractivity contribution in [1.82, 2.24) is 19.8 Å². The lowest BCUT2D eigenvalue weighted by Crippen LogP contribution is -2.49. The van der Waals surface area contributed by atoms with Gasteiger partial charge in [0, 0.05) is 75.1 Å². The number of aromatic hydroxyl groups is 1. The van der Waals surface area contributed by atoms with Gasteiger partial charge in [-0.15, -0.1) is 0 Å². The number of aromatic nitrogens is 2. The number of fused-ring (bicyclic) bond motifs is 2. The van der Waals surface area contributed by atoms with Crippen molar-refractivity contribution in [1.29, 1.82) is 0 Å². The minimum Gasteiger partial charge on any atom is -0.508 e. The van der Waals surface area contributed by atoms with Crippen molar-refractivity contribution in [2.24, 2.45) is 0 Å². The fourth-order valence-electron chi connectivity index (χ4n) is 5.96. The number of anilines is 2. The number of rotatable bonds is 7. The Kier molecular flexibility index (Phi) is 10.8. The number of carbonyl (C=O) groups is 2. The number of benzene rings is 2. The number of ether oxygens (including phenoxy) is 1. The van der Waals surface area contributed by atoms with Crippen molar-refractivity contribution in [2.45, 2.75) is 19.1 Å². The van der Waals surface area contributed by atoms with E-state index in [1.54, 1.807) is 11.0 Å². The highest BCUT2D eigenvalue weighted by Gasteiger charge is 2.38. The van der Waals surface area contributed by atoms with Gasteiger partial charge in [0.1, 0.15) is 18.2 Å². The summed E-state index contributed by atoms with van der Waals surface area (Å²) >= 11 is 0. The predicted molar refractivity (Wildman–Crippen MR) is 176 cm³/mol. The Morgan fingerprint density at radius 3 is 2.31 bits per heavy atom. The van der Waals surface area contributed by atoms with Gasteiger partial charge in [-0.25, -0.2) is 13.2 Å². The van der Waals surface area contributed by atoms with E-state index < -0.39 is 22.0 Å². The summed E-state index contributed by atoms with van der Waals surface area (Å²) in [5.41, 5.74) is 2.91. The van der Waals surface area contributed by atoms with Crippen LogP contribution in [0.15, 0.2) is 49.1 Å². The number of phenols is 1. The van der Waals surface area contributed by atoms with Crippen LogP contribution in [0.4, 0.5) is 24.7 Å². The number of nitrogens with zero attached hydrogens (tertiary/aromatic N) is 6. The van der Waals surface area contributed by atoms with Gasteiger partial charge < -0.3 is 29.6 Å². The number of carboxylic acids is 1. The SMILES string of the molecule is C=CC(=O)N1CCN(c2nc(OCCN3CCS(=O)(=O)CC3)nc3c2CCN(c2cc(O)cc4ccccc24)C3)CC1.O=C(O)C(F)(F)F. The molecule has 0 bridgehead atoms. The van der Waals surface area contributed by atoms with Crippen molar-refractivity contribution in [3.8, 4) is 11.8 Å². The summed E-state index contributed by atoms with van der Waals surface area (Å²) in [6.07, 6.45) is -3.01. The lowest BCUT2D eigenvalue weighted by Gasteiger charge is -2.38. The quantitative estimate of drug-likeness (QED) is 0.347. The molecule has 3 aliphatic heterocycles. The van der Waals surface area contributed by atoms with Crippen molar-refractivity contribution >= 4 is 44.0 Å². The molecule has 6 rings (SSSR count). The Morgan fingerprint density at radius 1 is 0.980 bits per heavy atom. The molecule has 1 aromatic heterocycles. The first-order valence-corrected chi connectivity index (χ1v) is 17.4. The van der Waals surface area contributed by atoms with Gasteiger partial charge >= 0.3 is 18.2 Å². The maximum Gasteiger partial charge on any atom is 0.490 e. The molecule has 13 nitrogen and oxygen atoms in total. The first-order valence-electron chi connectivity index (χ1n) is 15.6. The van der Waals surface area contributed by atoms with Crippen molar-refractivity contribution in [2.75, 3.05) is 80.3 Å². The zero-order valence-corrected chi connectivity index (χ0v) is 27.4. The number of halogens is 3. The molecule has 3 aliphatic rings. The molecular weight excluding hydrogens is 669 g/mol. The summed E-state index contributed by atoms with van der Waals surface area (Å²) in [6, 6.07) is 11.9. The number of phenolic OH excluding ortho intramolecular Hbond substituents is 1. The molecule has 0 spiro atoms. The number of hydrogen-bond acceptors (Lipinski definition) is 11. The van der Waals surface area contributed by atoms with E-state index in [0.29, 0.717) is 65.0 Å². The topological polar surface area (TPSA) is 157 Å². The van der Waals surface area contributed by atoms with Crippen LogP contribution in [-0.2, 0) is 32.4 Å². The van der Waals surface area contributed by atoms with Crippen molar-refractivity contribution < 1.29 is 46.1 Å². The molecule has 3 aromatic rings. The molecule has 2 N–H and O–H groups in total. The van der Waals surface area contributed by atoms with Gasteiger partial charge in [0.05, 0.1) is 23.7 Å². The largest absolute Gasteiger partial charge is 0.508 e. The van der Waals surface area contributed by atoms with E-state index in [0.717, 1.165) is 46.5 Å². The molecule has 0 aliphatic carbocycles. The van der Waals surface area contributed by atoms with Crippen molar-refractivity contribution in [3.05, 3.63) is 60.3 Å². The minimum atomic E-state index is -5.08. The van der Waals surface area contributed by atoms with Crippen LogP contribution in [0, 0.1) is 0 Å². The van der Waals surface area contributed by atoms with E-state index in [2.05, 4.69) is 27.3 Å². The highest BCUT2D eigenvalue weighted by Crippen LogP contribution is 2.36. The molecule has 0 atom stereocenters. The first-order chi connectivity index (χ1) is 23.2. The summed E-state index contributed by atoms with van der Waals surface area (Å²) in [6.45, 7) is 9.29. The Labute approximate surface area is 281 Å². The van der Waals surface area contributed by atoms with Gasteiger partial charge in [-0.2, -0.15) is 23.1 Å². The van der Waals surface area contributed by atoms with Crippen LogP contribution >= 0.6 is 0 Å². The van der Waals surface area contributed by atoms with Crippen LogP contribution in [-0.4, -0.2) is 127 Å². The van der Waals surface area contributed by atoms with Gasteiger partial charge in [-0.1, -0.05) is 30.8 Å². The Bertz CT molecular complexity index is 1800. The summed E-state index contributed by atoms with van der Waals surface area (Å²) in [4.78, 5) is 39.1. The summed E-state index contributed by atoms with van der Waals surface area (Å²) < 4.78 is 61.4. The fourth-order valence-corrected chi connectivity index (χ4v) is 7.24. The third-order valence-corrected chi connectivity index (χ3v) is 10.2. The molecule has 0 radical (unpaired) electrons. The van der Waals surface area contributed by atoms with Gasteiger partial charge in [0.15, 0.2) is 9.84 Å². The number of alkyl halides is 3. The molecule has 2 saturated heterocycles. The summed E-state index contributed by atoms with van der Waals surface area (Å²) in [5.74, 6) is -1.42. The number of hydrogen-bond donors (Lipinski definition) is 2. The molecule has 0 unspecified atom stereocenters. The maximum atomic E-state index is 12.2. The van der Waals surface area contributed by atoms with Gasteiger partial charge in [0.25, 0.3) is 0 Å². The van der Waals surface area contributed by atoms with Crippen LogP contribution in [0.3, 0.4) is 0 Å². The molecule has 2 aromatic carbocycles. The van der Waals surface area contributed by atoms with E-state index >= 15 is 0 Å². The van der Waals surface area contributed by atoms with E-state index in [4.69, 9.17) is 24.6 Å². The molecule has 4 heterocycles. The standard InChI is InChI=1S/C30H36N6O5S.C2HF3O2/c1-2-28(38)34-9-11-35(12-10-34)29-25-7-8-36(27-20-23(37)19-22-5-3-4-6-24(22)27)21-26(25)31-30(32-29)41-16-13-33-14-17-42(39,40)18-15-33;3-2(4,5)1(6)7/h2-6,19-20,37H,1,7-18,21H2;(H,6,7). The second-order valence-corrected chi connectivity index (χ2v) is 14.1. The van der Waals surface area contributed by atoms with E-state index in [1.807, 2.05) is 24.3 Å². The number of sulfone groups is 1. The van der Waals surface area contributed by atoms with Crippen LogP contribution in [0.1, 0.15) is 11.3 Å². The summed E-state index contributed by atoms with van der Waals surface area (Å²) in [7, 11) is -2.94. The minimum absolute atomic E-state index is 0.0668. The molecular formula is C32H37F3N6O7S. The predicted octanol–water partition coefficient (Wildman–Crippen LogP) is 2.48. The Morgan fingerprint density at radius 2 is 1.65 bits per heavy atom. The Hall–Kier alpha value is -4.64. The molecule has 264 valence electrons. The second-order valence-electron chi connectivity index (χ2n) is 11.8. The molecule has 49 heavy (non-hydrogen) atoms. The van der Waals surface area contributed by atoms with Crippen molar-refractivity contribution in [3.63, 3.8) is 0 Å².